The molecule has 3 aromatic rings. The first-order valence-corrected chi connectivity index (χ1v) is 9.13. The Hall–Kier alpha value is -2.79. The third-order valence-electron chi connectivity index (χ3n) is 4.95. The molecule has 0 atom stereocenters. The molecule has 0 spiro atoms. The number of aromatic nitrogens is 1. The summed E-state index contributed by atoms with van der Waals surface area (Å²) in [5, 5.41) is 7.84. The van der Waals surface area contributed by atoms with Crippen LogP contribution in [-0.2, 0) is 16.8 Å². The van der Waals surface area contributed by atoms with Crippen LogP contribution in [0, 0.1) is 0 Å². The Kier molecular flexibility index (Phi) is 4.62. The number of nitrogens with one attached hydrogen (secondary N) is 1. The maximum atomic E-state index is 12.8. The molecule has 1 saturated carbocycles. The molecule has 0 bridgehead atoms. The first-order valence-electron chi connectivity index (χ1n) is 8.76. The predicted octanol–water partition coefficient (Wildman–Crippen LogP) is 4.35. The third-order valence-corrected chi connectivity index (χ3v) is 5.20. The average Bonchev–Trinajstić information content (AvgIpc) is 3.37. The summed E-state index contributed by atoms with van der Waals surface area (Å²) in [7, 11) is 1.62. The zero-order valence-corrected chi connectivity index (χ0v) is 15.6. The summed E-state index contributed by atoms with van der Waals surface area (Å²) in [4.78, 5) is 12.8. The molecule has 0 aliphatic heterocycles. The minimum absolute atomic E-state index is 0.0376. The van der Waals surface area contributed by atoms with Crippen LogP contribution in [0.2, 0.25) is 5.02 Å². The lowest BCUT2D eigenvalue weighted by Crippen LogP contribution is -2.34. The molecule has 1 N–H and O–H groups in total. The smallest absolute Gasteiger partial charge is 0.232 e. The molecule has 1 aliphatic rings. The van der Waals surface area contributed by atoms with Gasteiger partial charge < -0.3 is 14.6 Å². The van der Waals surface area contributed by atoms with Crippen LogP contribution in [0.25, 0.3) is 11.3 Å². The zero-order valence-electron chi connectivity index (χ0n) is 14.9. The highest BCUT2D eigenvalue weighted by Crippen LogP contribution is 2.48. The number of para-hydroxylation sites is 1. The van der Waals surface area contributed by atoms with Crippen molar-refractivity contribution in [3.05, 3.63) is 70.9 Å². The summed E-state index contributed by atoms with van der Waals surface area (Å²) < 4.78 is 10.8. The van der Waals surface area contributed by atoms with Crippen molar-refractivity contribution in [2.45, 2.75) is 24.8 Å². The van der Waals surface area contributed by atoms with Gasteiger partial charge in [0.25, 0.3) is 0 Å². The molecule has 1 aliphatic carbocycles. The number of amides is 1. The molecule has 4 rings (SSSR count). The van der Waals surface area contributed by atoms with Crippen molar-refractivity contribution in [2.24, 2.45) is 0 Å². The number of nitrogens with zero attached hydrogens (tertiary/aromatic N) is 1. The quantitative estimate of drug-likeness (QED) is 0.688. The first-order chi connectivity index (χ1) is 13.1. The molecule has 1 aromatic heterocycles. The molecule has 27 heavy (non-hydrogen) atoms. The van der Waals surface area contributed by atoms with Gasteiger partial charge in [-0.15, -0.1) is 0 Å². The van der Waals surface area contributed by atoms with Crippen LogP contribution in [-0.4, -0.2) is 18.2 Å². The SMILES string of the molecule is COc1ccccc1CNC(=O)C1(c2cc(-c3ccc(Cl)cc3)on2)CC1. The number of methoxy groups -OCH3 is 1. The summed E-state index contributed by atoms with van der Waals surface area (Å²) in [6, 6.07) is 16.8. The molecule has 138 valence electrons. The van der Waals surface area contributed by atoms with Gasteiger partial charge in [0.2, 0.25) is 5.91 Å². The Balaban J connectivity index is 1.49. The Bertz CT molecular complexity index is 962. The highest BCUT2D eigenvalue weighted by Gasteiger charge is 2.53. The number of hydrogen-bond acceptors (Lipinski definition) is 4. The summed E-state index contributed by atoms with van der Waals surface area (Å²) >= 11 is 5.93. The minimum atomic E-state index is -0.601. The monoisotopic (exact) mass is 382 g/mol. The van der Waals surface area contributed by atoms with E-state index in [1.165, 1.54) is 0 Å². The van der Waals surface area contributed by atoms with Crippen LogP contribution >= 0.6 is 11.6 Å². The molecule has 0 radical (unpaired) electrons. The average molecular weight is 383 g/mol. The number of hydrogen-bond donors (Lipinski definition) is 1. The topological polar surface area (TPSA) is 64.4 Å². The van der Waals surface area contributed by atoms with Gasteiger partial charge in [-0.3, -0.25) is 4.79 Å². The molecule has 1 heterocycles. The van der Waals surface area contributed by atoms with E-state index in [2.05, 4.69) is 10.5 Å². The second-order valence-electron chi connectivity index (χ2n) is 6.66. The van der Waals surface area contributed by atoms with Crippen molar-refractivity contribution < 1.29 is 14.1 Å². The van der Waals surface area contributed by atoms with Crippen molar-refractivity contribution in [3.8, 4) is 17.1 Å². The van der Waals surface area contributed by atoms with Crippen molar-refractivity contribution >= 4 is 17.5 Å². The van der Waals surface area contributed by atoms with Gasteiger partial charge in [-0.2, -0.15) is 0 Å². The van der Waals surface area contributed by atoms with E-state index in [0.29, 0.717) is 23.0 Å². The van der Waals surface area contributed by atoms with Crippen LogP contribution in [0.4, 0.5) is 0 Å². The van der Waals surface area contributed by atoms with Gasteiger partial charge in [-0.05, 0) is 43.2 Å². The fraction of sp³-hybridized carbons (Fsp3) is 0.238. The largest absolute Gasteiger partial charge is 0.496 e. The van der Waals surface area contributed by atoms with Crippen LogP contribution in [0.3, 0.4) is 0 Å². The Morgan fingerprint density at radius 3 is 2.67 bits per heavy atom. The lowest BCUT2D eigenvalue weighted by molar-refractivity contribution is -0.123. The van der Waals surface area contributed by atoms with Crippen molar-refractivity contribution in [2.75, 3.05) is 7.11 Å². The van der Waals surface area contributed by atoms with Crippen molar-refractivity contribution in [1.29, 1.82) is 0 Å². The second-order valence-corrected chi connectivity index (χ2v) is 7.10. The van der Waals surface area contributed by atoms with E-state index in [1.807, 2.05) is 42.5 Å². The maximum absolute atomic E-state index is 12.8. The highest BCUT2D eigenvalue weighted by atomic mass is 35.5. The van der Waals surface area contributed by atoms with Crippen LogP contribution in [0.1, 0.15) is 24.1 Å². The van der Waals surface area contributed by atoms with E-state index in [9.17, 15) is 4.79 Å². The van der Waals surface area contributed by atoms with Gasteiger partial charge in [-0.1, -0.05) is 35.0 Å². The highest BCUT2D eigenvalue weighted by molar-refractivity contribution is 6.30. The normalized spacial score (nSPS) is 14.6. The number of benzene rings is 2. The van der Waals surface area contributed by atoms with E-state index in [4.69, 9.17) is 20.9 Å². The predicted molar refractivity (Wildman–Crippen MR) is 103 cm³/mol. The van der Waals surface area contributed by atoms with Crippen molar-refractivity contribution in [3.63, 3.8) is 0 Å². The summed E-state index contributed by atoms with van der Waals surface area (Å²) in [6.07, 6.45) is 1.52. The molecule has 0 saturated heterocycles. The molecule has 5 nitrogen and oxygen atoms in total. The van der Waals surface area contributed by atoms with Gasteiger partial charge in [-0.25, -0.2) is 0 Å². The first kappa shape index (κ1) is 17.6. The second kappa shape index (κ2) is 7.08. The molecule has 0 unspecified atom stereocenters. The van der Waals surface area contributed by atoms with E-state index in [-0.39, 0.29) is 5.91 Å². The Labute approximate surface area is 162 Å². The molecule has 6 heteroatoms. The van der Waals surface area contributed by atoms with E-state index >= 15 is 0 Å². The number of carbonyl (C=O) groups is 1. The summed E-state index contributed by atoms with van der Waals surface area (Å²) in [6.45, 7) is 0.409. The van der Waals surface area contributed by atoms with E-state index < -0.39 is 5.41 Å². The standard InChI is InChI=1S/C21H19ClN2O3/c1-26-17-5-3-2-4-15(17)13-23-20(25)21(10-11-21)19-12-18(27-24-19)14-6-8-16(22)9-7-14/h2-9,12H,10-11,13H2,1H3,(H,23,25). The van der Waals surface area contributed by atoms with E-state index in [0.717, 1.165) is 29.7 Å². The zero-order chi connectivity index (χ0) is 18.9. The maximum Gasteiger partial charge on any atom is 0.232 e. The van der Waals surface area contributed by atoms with Gasteiger partial charge in [0, 0.05) is 28.8 Å². The van der Waals surface area contributed by atoms with Crippen LogP contribution in [0.5, 0.6) is 5.75 Å². The Morgan fingerprint density at radius 1 is 1.22 bits per heavy atom. The number of halogens is 1. The third kappa shape index (κ3) is 3.43. The molecule has 1 fully saturated rings. The number of rotatable bonds is 6. The molecule has 1 amide bonds. The van der Waals surface area contributed by atoms with Crippen molar-refractivity contribution in [1.82, 2.24) is 10.5 Å². The van der Waals surface area contributed by atoms with Gasteiger partial charge in [0.05, 0.1) is 18.2 Å². The molecular formula is C21H19ClN2O3. The molecule has 2 aromatic carbocycles. The number of ether oxygens (including phenoxy) is 1. The Morgan fingerprint density at radius 2 is 1.96 bits per heavy atom. The molecular weight excluding hydrogens is 364 g/mol. The summed E-state index contributed by atoms with van der Waals surface area (Å²) in [5.41, 5.74) is 1.88. The summed E-state index contributed by atoms with van der Waals surface area (Å²) in [5.74, 6) is 1.35. The lowest BCUT2D eigenvalue weighted by Gasteiger charge is -2.14. The van der Waals surface area contributed by atoms with E-state index in [1.54, 1.807) is 19.2 Å². The minimum Gasteiger partial charge on any atom is -0.496 e. The van der Waals surface area contributed by atoms with Crippen LogP contribution in [0.15, 0.2) is 59.1 Å². The lowest BCUT2D eigenvalue weighted by atomic mass is 10.00. The fourth-order valence-electron chi connectivity index (χ4n) is 3.17. The van der Waals surface area contributed by atoms with Gasteiger partial charge in [0.1, 0.15) is 5.75 Å². The fourth-order valence-corrected chi connectivity index (χ4v) is 3.30. The van der Waals surface area contributed by atoms with Gasteiger partial charge in [0.15, 0.2) is 5.76 Å². The van der Waals surface area contributed by atoms with Crippen LogP contribution < -0.4 is 10.1 Å². The number of carbonyl (C=O) groups excluding carboxylic acids is 1. The van der Waals surface area contributed by atoms with Gasteiger partial charge >= 0.3 is 0 Å².